The van der Waals surface area contributed by atoms with E-state index in [4.69, 9.17) is 5.73 Å². The quantitative estimate of drug-likeness (QED) is 0.912. The Balaban J connectivity index is 2.33. The molecular weight excluding hydrogens is 306 g/mol. The van der Waals surface area contributed by atoms with Crippen molar-refractivity contribution in [3.05, 3.63) is 45.4 Å². The van der Waals surface area contributed by atoms with Gasteiger partial charge in [-0.05, 0) is 31.0 Å². The summed E-state index contributed by atoms with van der Waals surface area (Å²) < 4.78 is 26.7. The molecule has 1 aromatic carbocycles. The maximum atomic E-state index is 12.7. The summed E-state index contributed by atoms with van der Waals surface area (Å²) in [5.41, 5.74) is 7.96. The molecule has 0 radical (unpaired) electrons. The summed E-state index contributed by atoms with van der Waals surface area (Å²) in [6.45, 7) is 4.27. The van der Waals surface area contributed by atoms with Crippen LogP contribution in [0.25, 0.3) is 0 Å². The van der Waals surface area contributed by atoms with Gasteiger partial charge in [-0.3, -0.25) is 0 Å². The molecule has 1 heterocycles. The Morgan fingerprint density at radius 1 is 1.33 bits per heavy atom. The Morgan fingerprint density at radius 2 is 2.05 bits per heavy atom. The molecule has 7 heteroatoms. The molecule has 0 aliphatic carbocycles. The van der Waals surface area contributed by atoms with Gasteiger partial charge in [0, 0.05) is 19.0 Å². The van der Waals surface area contributed by atoms with Crippen LogP contribution in [-0.4, -0.2) is 24.8 Å². The van der Waals surface area contributed by atoms with Crippen molar-refractivity contribution in [1.29, 1.82) is 0 Å². The molecule has 0 aliphatic heterocycles. The van der Waals surface area contributed by atoms with Gasteiger partial charge in [-0.2, -0.15) is 4.31 Å². The summed E-state index contributed by atoms with van der Waals surface area (Å²) in [7, 11) is -1.98. The smallest absolute Gasteiger partial charge is 0.243 e. The van der Waals surface area contributed by atoms with Gasteiger partial charge in [0.15, 0.2) is 0 Å². The molecule has 0 spiro atoms. The molecule has 1 aromatic heterocycles. The Bertz CT molecular complexity index is 738. The van der Waals surface area contributed by atoms with Crippen molar-refractivity contribution in [3.8, 4) is 0 Å². The number of hydrogen-bond donors (Lipinski definition) is 1. The van der Waals surface area contributed by atoms with Crippen molar-refractivity contribution in [2.24, 2.45) is 5.73 Å². The highest BCUT2D eigenvalue weighted by atomic mass is 32.2. The largest absolute Gasteiger partial charge is 0.326 e. The van der Waals surface area contributed by atoms with Crippen LogP contribution >= 0.6 is 11.3 Å². The van der Waals surface area contributed by atoms with Gasteiger partial charge in [-0.1, -0.05) is 12.1 Å². The van der Waals surface area contributed by atoms with Gasteiger partial charge in [-0.25, -0.2) is 13.4 Å². The number of sulfonamides is 1. The van der Waals surface area contributed by atoms with E-state index in [9.17, 15) is 8.42 Å². The van der Waals surface area contributed by atoms with E-state index in [0.29, 0.717) is 17.0 Å². The highest BCUT2D eigenvalue weighted by Gasteiger charge is 2.24. The van der Waals surface area contributed by atoms with Gasteiger partial charge in [0.05, 0.1) is 22.1 Å². The maximum Gasteiger partial charge on any atom is 0.243 e. The average Bonchev–Trinajstić information content (AvgIpc) is 2.84. The molecular formula is C14H19N3O2S2. The summed E-state index contributed by atoms with van der Waals surface area (Å²) in [6, 6.07) is 5.19. The zero-order valence-electron chi connectivity index (χ0n) is 12.3. The first-order valence-corrected chi connectivity index (χ1v) is 8.84. The minimum Gasteiger partial charge on any atom is -0.326 e. The lowest BCUT2D eigenvalue weighted by molar-refractivity contribution is 0.462. The number of rotatable bonds is 5. The molecule has 0 unspecified atom stereocenters. The maximum absolute atomic E-state index is 12.7. The first kappa shape index (κ1) is 16.1. The monoisotopic (exact) mass is 325 g/mol. The van der Waals surface area contributed by atoms with Crippen LogP contribution in [-0.2, 0) is 23.1 Å². The van der Waals surface area contributed by atoms with Crippen LogP contribution in [0, 0.1) is 13.8 Å². The van der Waals surface area contributed by atoms with Gasteiger partial charge >= 0.3 is 0 Å². The van der Waals surface area contributed by atoms with E-state index in [0.717, 1.165) is 16.3 Å². The van der Waals surface area contributed by atoms with E-state index < -0.39 is 10.0 Å². The van der Waals surface area contributed by atoms with Gasteiger partial charge in [0.25, 0.3) is 0 Å². The Hall–Kier alpha value is -1.28. The second-order valence-electron chi connectivity index (χ2n) is 4.86. The van der Waals surface area contributed by atoms with E-state index in [-0.39, 0.29) is 6.54 Å². The van der Waals surface area contributed by atoms with Gasteiger partial charge in [-0.15, -0.1) is 11.3 Å². The van der Waals surface area contributed by atoms with Crippen LogP contribution in [0.2, 0.25) is 0 Å². The Morgan fingerprint density at radius 3 is 2.62 bits per heavy atom. The molecule has 0 fully saturated rings. The summed E-state index contributed by atoms with van der Waals surface area (Å²) >= 11 is 1.51. The van der Waals surface area contributed by atoms with E-state index in [1.807, 2.05) is 18.4 Å². The third kappa shape index (κ3) is 3.32. The second-order valence-corrected chi connectivity index (χ2v) is 7.94. The fourth-order valence-corrected chi connectivity index (χ4v) is 4.13. The van der Waals surface area contributed by atoms with E-state index in [1.54, 1.807) is 26.1 Å². The predicted octanol–water partition coefficient (Wildman–Crippen LogP) is 2.04. The molecule has 5 nitrogen and oxygen atoms in total. The zero-order chi connectivity index (χ0) is 15.6. The standard InChI is InChI=1S/C14H19N3O2S2/c1-10-12(7-15)5-4-6-14(10)21(18,19)17(3)8-13-9-20-11(2)16-13/h4-6,9H,7-8,15H2,1-3H3. The summed E-state index contributed by atoms with van der Waals surface area (Å²) in [4.78, 5) is 4.61. The lowest BCUT2D eigenvalue weighted by Crippen LogP contribution is -2.27. The number of thiazole rings is 1. The van der Waals surface area contributed by atoms with E-state index in [2.05, 4.69) is 4.98 Å². The number of aryl methyl sites for hydroxylation is 1. The molecule has 0 bridgehead atoms. The topological polar surface area (TPSA) is 76.3 Å². The highest BCUT2D eigenvalue weighted by molar-refractivity contribution is 7.89. The minimum absolute atomic E-state index is 0.263. The Labute approximate surface area is 129 Å². The van der Waals surface area contributed by atoms with Crippen molar-refractivity contribution in [1.82, 2.24) is 9.29 Å². The second kappa shape index (κ2) is 6.23. The fourth-order valence-electron chi connectivity index (χ4n) is 2.12. The number of nitrogens with zero attached hydrogens (tertiary/aromatic N) is 2. The number of benzene rings is 1. The van der Waals surface area contributed by atoms with Crippen molar-refractivity contribution in [2.45, 2.75) is 31.8 Å². The molecule has 0 atom stereocenters. The fraction of sp³-hybridized carbons (Fsp3) is 0.357. The number of nitrogens with two attached hydrogens (primary N) is 1. The van der Waals surface area contributed by atoms with Crippen molar-refractivity contribution < 1.29 is 8.42 Å². The molecule has 114 valence electrons. The van der Waals surface area contributed by atoms with Crippen LogP contribution in [0.1, 0.15) is 21.8 Å². The number of hydrogen-bond acceptors (Lipinski definition) is 5. The molecule has 0 amide bonds. The molecule has 0 aliphatic rings. The average molecular weight is 325 g/mol. The molecule has 2 aromatic rings. The third-order valence-corrected chi connectivity index (χ3v) is 6.13. The van der Waals surface area contributed by atoms with Crippen LogP contribution < -0.4 is 5.73 Å². The van der Waals surface area contributed by atoms with Crippen LogP contribution in [0.3, 0.4) is 0 Å². The van der Waals surface area contributed by atoms with Crippen molar-refractivity contribution >= 4 is 21.4 Å². The Kier molecular flexibility index (Phi) is 4.77. The lowest BCUT2D eigenvalue weighted by Gasteiger charge is -2.18. The SMILES string of the molecule is Cc1nc(CN(C)S(=O)(=O)c2cccc(CN)c2C)cs1. The van der Waals surface area contributed by atoms with Gasteiger partial charge < -0.3 is 5.73 Å². The highest BCUT2D eigenvalue weighted by Crippen LogP contribution is 2.23. The van der Waals surface area contributed by atoms with Crippen LogP contribution in [0.5, 0.6) is 0 Å². The number of aromatic nitrogens is 1. The predicted molar refractivity (Wildman–Crippen MR) is 84.6 cm³/mol. The van der Waals surface area contributed by atoms with Gasteiger partial charge in [0.2, 0.25) is 10.0 Å². The van der Waals surface area contributed by atoms with Gasteiger partial charge in [0.1, 0.15) is 0 Å². The summed E-state index contributed by atoms with van der Waals surface area (Å²) in [6.07, 6.45) is 0. The molecule has 21 heavy (non-hydrogen) atoms. The van der Waals surface area contributed by atoms with E-state index in [1.165, 1.54) is 15.6 Å². The lowest BCUT2D eigenvalue weighted by atomic mass is 10.1. The molecule has 2 N–H and O–H groups in total. The first-order chi connectivity index (χ1) is 9.86. The molecule has 0 saturated heterocycles. The molecule has 2 rings (SSSR count). The summed E-state index contributed by atoms with van der Waals surface area (Å²) in [5.74, 6) is 0. The first-order valence-electron chi connectivity index (χ1n) is 6.52. The van der Waals surface area contributed by atoms with Crippen molar-refractivity contribution in [2.75, 3.05) is 7.05 Å². The normalized spacial score (nSPS) is 12.0. The van der Waals surface area contributed by atoms with Crippen LogP contribution in [0.15, 0.2) is 28.5 Å². The summed E-state index contributed by atoms with van der Waals surface area (Å²) in [5, 5.41) is 2.81. The third-order valence-electron chi connectivity index (χ3n) is 3.36. The minimum atomic E-state index is -3.55. The van der Waals surface area contributed by atoms with Crippen molar-refractivity contribution in [3.63, 3.8) is 0 Å². The van der Waals surface area contributed by atoms with Crippen LogP contribution in [0.4, 0.5) is 0 Å². The molecule has 0 saturated carbocycles. The zero-order valence-corrected chi connectivity index (χ0v) is 14.0. The van der Waals surface area contributed by atoms with E-state index >= 15 is 0 Å².